The lowest BCUT2D eigenvalue weighted by Crippen LogP contribution is -2.36. The van der Waals surface area contributed by atoms with Gasteiger partial charge in [0.05, 0.1) is 17.8 Å². The monoisotopic (exact) mass is 371 g/mol. The van der Waals surface area contributed by atoms with Crippen molar-refractivity contribution in [3.63, 3.8) is 0 Å². The quantitative estimate of drug-likeness (QED) is 0.858. The first kappa shape index (κ1) is 20.0. The largest absolute Gasteiger partial charge is 0.418 e. The summed E-state index contributed by atoms with van der Waals surface area (Å²) in [6.07, 6.45) is -3.66. The molecule has 9 heteroatoms. The number of rotatable bonds is 3. The molecule has 1 heterocycles. The highest BCUT2D eigenvalue weighted by Gasteiger charge is 2.34. The summed E-state index contributed by atoms with van der Waals surface area (Å²) in [5.74, 6) is -0.463. The molecule has 0 unspecified atom stereocenters. The molecule has 0 saturated carbocycles. The minimum absolute atomic E-state index is 0. The van der Waals surface area contributed by atoms with Gasteiger partial charge in [0.2, 0.25) is 5.91 Å². The van der Waals surface area contributed by atoms with Crippen molar-refractivity contribution >= 4 is 35.6 Å². The highest BCUT2D eigenvalue weighted by molar-refractivity contribution is 6.30. The Morgan fingerprint density at radius 1 is 1.30 bits per heavy atom. The predicted molar refractivity (Wildman–Crippen MR) is 86.3 cm³/mol. The SMILES string of the molecule is Cl.O=C(CN1CCCNCC1)Nc1ccc(Cl)cc1C(F)(F)F. The molecule has 1 aliphatic heterocycles. The molecule has 0 radical (unpaired) electrons. The van der Waals surface area contributed by atoms with E-state index in [-0.39, 0.29) is 29.7 Å². The molecule has 2 rings (SSSR count). The predicted octanol–water partition coefficient (Wildman–Crippen LogP) is 3.01. The number of halogens is 5. The first-order valence-electron chi connectivity index (χ1n) is 6.96. The van der Waals surface area contributed by atoms with Crippen molar-refractivity contribution in [1.82, 2.24) is 10.2 Å². The summed E-state index contributed by atoms with van der Waals surface area (Å²) in [5.41, 5.74) is -1.21. The van der Waals surface area contributed by atoms with E-state index in [4.69, 9.17) is 11.6 Å². The third kappa shape index (κ3) is 6.18. The summed E-state index contributed by atoms with van der Waals surface area (Å²) < 4.78 is 38.9. The van der Waals surface area contributed by atoms with Crippen molar-refractivity contribution in [2.45, 2.75) is 12.6 Å². The van der Waals surface area contributed by atoms with Crippen LogP contribution < -0.4 is 10.6 Å². The van der Waals surface area contributed by atoms with E-state index in [1.54, 1.807) is 0 Å². The maximum atomic E-state index is 13.0. The fraction of sp³-hybridized carbons (Fsp3) is 0.500. The first-order valence-corrected chi connectivity index (χ1v) is 7.34. The number of benzene rings is 1. The Bertz CT molecular complexity index is 532. The molecule has 1 amide bonds. The van der Waals surface area contributed by atoms with E-state index in [9.17, 15) is 18.0 Å². The fourth-order valence-electron chi connectivity index (χ4n) is 2.31. The second-order valence-electron chi connectivity index (χ2n) is 5.12. The Balaban J connectivity index is 0.00000264. The van der Waals surface area contributed by atoms with Gasteiger partial charge in [-0.1, -0.05) is 11.6 Å². The Morgan fingerprint density at radius 2 is 2.04 bits per heavy atom. The molecule has 1 aromatic rings. The van der Waals surface area contributed by atoms with Crippen molar-refractivity contribution in [3.05, 3.63) is 28.8 Å². The minimum Gasteiger partial charge on any atom is -0.324 e. The van der Waals surface area contributed by atoms with Crippen molar-refractivity contribution < 1.29 is 18.0 Å². The lowest BCUT2D eigenvalue weighted by Gasteiger charge is -2.20. The van der Waals surface area contributed by atoms with Gasteiger partial charge in [-0.15, -0.1) is 12.4 Å². The maximum absolute atomic E-state index is 13.0. The van der Waals surface area contributed by atoms with Gasteiger partial charge in [-0.2, -0.15) is 13.2 Å². The van der Waals surface area contributed by atoms with Crippen LogP contribution in [0.1, 0.15) is 12.0 Å². The lowest BCUT2D eigenvalue weighted by molar-refractivity contribution is -0.137. The number of alkyl halides is 3. The van der Waals surface area contributed by atoms with Crippen LogP contribution in [0.3, 0.4) is 0 Å². The fourth-order valence-corrected chi connectivity index (χ4v) is 2.48. The standard InChI is InChI=1S/C14H17ClF3N3O.ClH/c15-10-2-3-12(11(8-10)14(16,17)18)20-13(22)9-21-6-1-4-19-5-7-21;/h2-3,8,19H,1,4-7,9H2,(H,20,22);1H. The number of carbonyl (C=O) groups is 1. The molecule has 0 spiro atoms. The van der Waals surface area contributed by atoms with Crippen LogP contribution in [0.5, 0.6) is 0 Å². The summed E-state index contributed by atoms with van der Waals surface area (Å²) in [6, 6.07) is 3.31. The van der Waals surface area contributed by atoms with Crippen LogP contribution in [0.15, 0.2) is 18.2 Å². The molecule has 0 bridgehead atoms. The van der Waals surface area contributed by atoms with E-state index < -0.39 is 17.6 Å². The van der Waals surface area contributed by atoms with Gasteiger partial charge in [-0.05, 0) is 37.7 Å². The molecular weight excluding hydrogens is 354 g/mol. The van der Waals surface area contributed by atoms with Crippen molar-refractivity contribution in [1.29, 1.82) is 0 Å². The average molecular weight is 372 g/mol. The zero-order chi connectivity index (χ0) is 16.2. The minimum atomic E-state index is -4.57. The van der Waals surface area contributed by atoms with E-state index in [1.165, 1.54) is 12.1 Å². The van der Waals surface area contributed by atoms with Crippen LogP contribution in [0, 0.1) is 0 Å². The Labute approximate surface area is 143 Å². The number of anilines is 1. The lowest BCUT2D eigenvalue weighted by atomic mass is 10.1. The van der Waals surface area contributed by atoms with Crippen LogP contribution >= 0.6 is 24.0 Å². The molecule has 1 aliphatic rings. The van der Waals surface area contributed by atoms with Crippen molar-refractivity contribution in [3.8, 4) is 0 Å². The summed E-state index contributed by atoms with van der Waals surface area (Å²) in [6.45, 7) is 3.16. The van der Waals surface area contributed by atoms with E-state index in [0.717, 1.165) is 32.1 Å². The Morgan fingerprint density at radius 3 is 2.74 bits per heavy atom. The topological polar surface area (TPSA) is 44.4 Å². The van der Waals surface area contributed by atoms with Crippen LogP contribution in [-0.2, 0) is 11.0 Å². The molecule has 0 aliphatic carbocycles. The number of hydrogen-bond acceptors (Lipinski definition) is 3. The average Bonchev–Trinajstić information content (AvgIpc) is 2.68. The maximum Gasteiger partial charge on any atom is 0.418 e. The molecule has 1 aromatic carbocycles. The smallest absolute Gasteiger partial charge is 0.324 e. The zero-order valence-corrected chi connectivity index (χ0v) is 13.8. The van der Waals surface area contributed by atoms with Gasteiger partial charge >= 0.3 is 6.18 Å². The van der Waals surface area contributed by atoms with E-state index in [0.29, 0.717) is 6.54 Å². The highest BCUT2D eigenvalue weighted by Crippen LogP contribution is 2.36. The van der Waals surface area contributed by atoms with Gasteiger partial charge in [-0.25, -0.2) is 0 Å². The third-order valence-corrected chi connectivity index (χ3v) is 3.60. The van der Waals surface area contributed by atoms with Gasteiger partial charge in [-0.3, -0.25) is 9.69 Å². The third-order valence-electron chi connectivity index (χ3n) is 3.36. The summed E-state index contributed by atoms with van der Waals surface area (Å²) in [7, 11) is 0. The van der Waals surface area contributed by atoms with Crippen LogP contribution in [0.2, 0.25) is 5.02 Å². The van der Waals surface area contributed by atoms with Gasteiger partial charge in [0.1, 0.15) is 0 Å². The summed E-state index contributed by atoms with van der Waals surface area (Å²) >= 11 is 5.61. The normalized spacial score (nSPS) is 16.3. The summed E-state index contributed by atoms with van der Waals surface area (Å²) in [5, 5.41) is 5.51. The summed E-state index contributed by atoms with van der Waals surface area (Å²) in [4.78, 5) is 13.9. The Kier molecular flexibility index (Phi) is 7.60. The molecular formula is C14H18Cl2F3N3O. The van der Waals surface area contributed by atoms with Crippen LogP contribution in [0.4, 0.5) is 18.9 Å². The molecule has 0 aromatic heterocycles. The Hall–Kier alpha value is -1.02. The molecule has 1 saturated heterocycles. The van der Waals surface area contributed by atoms with Gasteiger partial charge < -0.3 is 10.6 Å². The second-order valence-corrected chi connectivity index (χ2v) is 5.55. The van der Waals surface area contributed by atoms with Gasteiger partial charge in [0.25, 0.3) is 0 Å². The van der Waals surface area contributed by atoms with Crippen LogP contribution in [-0.4, -0.2) is 43.5 Å². The molecule has 2 N–H and O–H groups in total. The number of nitrogens with one attached hydrogen (secondary N) is 2. The van der Waals surface area contributed by atoms with Crippen molar-refractivity contribution in [2.24, 2.45) is 0 Å². The van der Waals surface area contributed by atoms with E-state index in [1.807, 2.05) is 4.90 Å². The number of carbonyl (C=O) groups excluding carboxylic acids is 1. The first-order chi connectivity index (χ1) is 10.4. The molecule has 1 fully saturated rings. The molecule has 0 atom stereocenters. The molecule has 4 nitrogen and oxygen atoms in total. The zero-order valence-electron chi connectivity index (χ0n) is 12.3. The number of nitrogens with zero attached hydrogens (tertiary/aromatic N) is 1. The molecule has 23 heavy (non-hydrogen) atoms. The molecule has 130 valence electrons. The van der Waals surface area contributed by atoms with E-state index >= 15 is 0 Å². The van der Waals surface area contributed by atoms with Gasteiger partial charge in [0, 0.05) is 18.1 Å². The second kappa shape index (κ2) is 8.73. The highest BCUT2D eigenvalue weighted by atomic mass is 35.5. The van der Waals surface area contributed by atoms with Gasteiger partial charge in [0.15, 0.2) is 0 Å². The van der Waals surface area contributed by atoms with E-state index in [2.05, 4.69) is 10.6 Å². The van der Waals surface area contributed by atoms with Crippen molar-refractivity contribution in [2.75, 3.05) is 38.0 Å². The van der Waals surface area contributed by atoms with Crippen LogP contribution in [0.25, 0.3) is 0 Å². The number of hydrogen-bond donors (Lipinski definition) is 2. The number of amides is 1.